The van der Waals surface area contributed by atoms with Gasteiger partial charge in [0.05, 0.1) is 0 Å². The number of halogens is 16. The lowest BCUT2D eigenvalue weighted by molar-refractivity contribution is 0.372. The Morgan fingerprint density at radius 3 is 0.463 bits per heavy atom. The van der Waals surface area contributed by atoms with Crippen LogP contribution in [0.1, 0.15) is 102 Å². The zero-order valence-electron chi connectivity index (χ0n) is 25.5. The molecule has 0 fully saturated rings. The van der Waals surface area contributed by atoms with E-state index in [0.29, 0.717) is 0 Å². The Balaban J connectivity index is 1.56. The Hall–Kier alpha value is -5.90. The second-order valence-corrected chi connectivity index (χ2v) is 12.8. The van der Waals surface area contributed by atoms with Crippen molar-refractivity contribution < 1.29 is 70.2 Å². The van der Waals surface area contributed by atoms with Gasteiger partial charge in [-0.05, 0) is 22.3 Å². The first-order valence-electron chi connectivity index (χ1n) is 15.1. The summed E-state index contributed by atoms with van der Waals surface area (Å²) >= 11 is 0. The van der Waals surface area contributed by atoms with Crippen molar-refractivity contribution in [1.29, 1.82) is 0 Å². The van der Waals surface area contributed by atoms with E-state index in [1.54, 1.807) is 0 Å². The SMILES string of the molecule is C#Cc1c2c(c(C#C)c3c1C1c4c(F)c(F)c(F)c(F)c4C3c3c(F)c(F)c(F)c(F)c31)C1c3c(F)c(F)c(F)c(F)c3C2c2c(F)c(F)c(F)c(F)c21. The Bertz CT molecular complexity index is 2330. The smallest absolute Gasteiger partial charge is 0.197 e. The maximum Gasteiger partial charge on any atom is 0.197 e. The lowest BCUT2D eigenvalue weighted by Gasteiger charge is -2.48. The summed E-state index contributed by atoms with van der Waals surface area (Å²) < 4.78 is 246. The average Bonchev–Trinajstić information content (AvgIpc) is 3.17. The molecule has 0 saturated heterocycles. The molecule has 0 N–H and O–H groups in total. The molecular formula is C38H6F16. The normalized spacial score (nSPS) is 19.1. The predicted octanol–water partition coefficient (Wildman–Crippen LogP) is 9.85. The van der Waals surface area contributed by atoms with Gasteiger partial charge in [-0.25, -0.2) is 70.2 Å². The van der Waals surface area contributed by atoms with Gasteiger partial charge in [0.15, 0.2) is 93.1 Å². The Kier molecular flexibility index (Phi) is 6.53. The first kappa shape index (κ1) is 33.9. The minimum absolute atomic E-state index is 0.842. The minimum atomic E-state index is -2.62. The average molecular weight is 766 g/mol. The van der Waals surface area contributed by atoms with Gasteiger partial charge >= 0.3 is 0 Å². The summed E-state index contributed by atoms with van der Waals surface area (Å²) in [4.78, 5) is 0. The molecule has 6 aliphatic rings. The topological polar surface area (TPSA) is 0 Å². The lowest BCUT2D eigenvalue weighted by Crippen LogP contribution is -2.39. The van der Waals surface area contributed by atoms with Crippen LogP contribution in [-0.2, 0) is 0 Å². The molecule has 5 aromatic rings. The van der Waals surface area contributed by atoms with E-state index in [0.717, 1.165) is 0 Å². The predicted molar refractivity (Wildman–Crippen MR) is 151 cm³/mol. The van der Waals surface area contributed by atoms with Crippen LogP contribution in [0.4, 0.5) is 70.2 Å². The molecule has 270 valence electrons. The lowest BCUT2D eigenvalue weighted by atomic mass is 9.53. The standard InChI is InChI=1S/C38H6F16/c1-3-5-7-9(13-19-15(23(39)31(47)35(51)27(19)43)11(7)16-20(13)28(44)36(52)32(48)24(16)40)6(4-2)10-8(5)12-17-21(29(45)37(53)33(49)25(17)41)14(10)22-18(12)26(42)34(50)38(54)30(22)46/h1-2,11-14H. The van der Waals surface area contributed by atoms with Crippen LogP contribution in [0, 0.1) is 118 Å². The van der Waals surface area contributed by atoms with Crippen molar-refractivity contribution in [3.63, 3.8) is 0 Å². The van der Waals surface area contributed by atoms with Gasteiger partial charge in [0, 0.05) is 79.3 Å². The summed E-state index contributed by atoms with van der Waals surface area (Å²) in [5.74, 6) is -45.1. The van der Waals surface area contributed by atoms with E-state index in [1.807, 2.05) is 11.8 Å². The van der Waals surface area contributed by atoms with Crippen molar-refractivity contribution in [1.82, 2.24) is 0 Å². The monoisotopic (exact) mass is 766 g/mol. The summed E-state index contributed by atoms with van der Waals surface area (Å²) in [5, 5.41) is 0. The maximum atomic E-state index is 15.8. The fraction of sp³-hybridized carbons (Fsp3) is 0.105. The summed E-state index contributed by atoms with van der Waals surface area (Å²) in [7, 11) is 0. The molecule has 0 radical (unpaired) electrons. The number of hydrogen-bond donors (Lipinski definition) is 0. The molecule has 0 aromatic heterocycles. The van der Waals surface area contributed by atoms with E-state index in [1.165, 1.54) is 0 Å². The fourth-order valence-electron chi connectivity index (χ4n) is 8.99. The third-order valence-electron chi connectivity index (χ3n) is 10.8. The first-order chi connectivity index (χ1) is 25.5. The van der Waals surface area contributed by atoms with Gasteiger partial charge in [-0.15, -0.1) is 12.8 Å². The molecule has 0 nitrogen and oxygen atoms in total. The van der Waals surface area contributed by atoms with Gasteiger partial charge in [-0.1, -0.05) is 11.8 Å². The Morgan fingerprint density at radius 2 is 0.352 bits per heavy atom. The first-order valence-corrected chi connectivity index (χ1v) is 15.1. The van der Waals surface area contributed by atoms with Crippen molar-refractivity contribution in [2.45, 2.75) is 23.7 Å². The molecule has 5 aromatic carbocycles. The molecule has 0 saturated carbocycles. The Morgan fingerprint density at radius 1 is 0.222 bits per heavy atom. The third-order valence-corrected chi connectivity index (χ3v) is 10.8. The largest absolute Gasteiger partial charge is 0.203 e. The molecule has 0 spiro atoms. The second-order valence-electron chi connectivity index (χ2n) is 12.8. The fourth-order valence-corrected chi connectivity index (χ4v) is 8.99. The van der Waals surface area contributed by atoms with E-state index in [-0.39, 0.29) is 0 Å². The second kappa shape index (κ2) is 10.4. The number of rotatable bonds is 0. The molecular weight excluding hydrogens is 760 g/mol. The van der Waals surface area contributed by atoms with E-state index in [4.69, 9.17) is 12.8 Å². The van der Waals surface area contributed by atoms with Crippen LogP contribution in [0.15, 0.2) is 0 Å². The molecule has 16 heteroatoms. The van der Waals surface area contributed by atoms with Crippen molar-refractivity contribution >= 4 is 0 Å². The van der Waals surface area contributed by atoms with Gasteiger partial charge in [0.25, 0.3) is 0 Å². The maximum absolute atomic E-state index is 15.8. The van der Waals surface area contributed by atoms with E-state index >= 15 is 35.1 Å². The van der Waals surface area contributed by atoms with Gasteiger partial charge in [-0.3, -0.25) is 0 Å². The van der Waals surface area contributed by atoms with Gasteiger partial charge in [-0.2, -0.15) is 0 Å². The van der Waals surface area contributed by atoms with E-state index < -0.39 is 195 Å². The molecule has 6 aliphatic carbocycles. The highest BCUT2D eigenvalue weighted by atomic mass is 19.2. The highest BCUT2D eigenvalue weighted by Gasteiger charge is 2.58. The molecule has 0 heterocycles. The zero-order chi connectivity index (χ0) is 39.0. The molecule has 0 amide bonds. The van der Waals surface area contributed by atoms with Crippen molar-refractivity contribution in [2.75, 3.05) is 0 Å². The summed E-state index contributed by atoms with van der Waals surface area (Å²) in [6, 6.07) is 0. The zero-order valence-corrected chi connectivity index (χ0v) is 25.5. The van der Waals surface area contributed by atoms with Crippen LogP contribution < -0.4 is 0 Å². The highest BCUT2D eigenvalue weighted by Crippen LogP contribution is 2.66. The molecule has 0 atom stereocenters. The Labute approximate surface area is 289 Å². The van der Waals surface area contributed by atoms with E-state index in [9.17, 15) is 35.1 Å². The quantitative estimate of drug-likeness (QED) is 0.0625. The molecule has 54 heavy (non-hydrogen) atoms. The van der Waals surface area contributed by atoms with Crippen molar-refractivity contribution in [2.24, 2.45) is 0 Å². The van der Waals surface area contributed by atoms with Gasteiger partial charge in [0.1, 0.15) is 0 Å². The van der Waals surface area contributed by atoms with Crippen LogP contribution in [0.5, 0.6) is 0 Å². The minimum Gasteiger partial charge on any atom is -0.203 e. The summed E-state index contributed by atoms with van der Waals surface area (Å²) in [6.07, 6.45) is 11.6. The summed E-state index contributed by atoms with van der Waals surface area (Å²) in [5.41, 5.74) is -16.1. The molecule has 4 bridgehead atoms. The number of terminal acetylenes is 2. The molecule has 0 unspecified atom stereocenters. The van der Waals surface area contributed by atoms with Crippen molar-refractivity contribution in [3.8, 4) is 24.7 Å². The van der Waals surface area contributed by atoms with Crippen LogP contribution >= 0.6 is 0 Å². The number of benzene rings is 5. The van der Waals surface area contributed by atoms with Crippen LogP contribution in [0.25, 0.3) is 0 Å². The molecule has 11 rings (SSSR count). The van der Waals surface area contributed by atoms with Crippen molar-refractivity contribution in [3.05, 3.63) is 171 Å². The van der Waals surface area contributed by atoms with E-state index in [2.05, 4.69) is 0 Å². The van der Waals surface area contributed by atoms with Gasteiger partial charge < -0.3 is 0 Å². The van der Waals surface area contributed by atoms with Crippen LogP contribution in [0.3, 0.4) is 0 Å². The van der Waals surface area contributed by atoms with Crippen LogP contribution in [-0.4, -0.2) is 0 Å². The number of hydrogen-bond acceptors (Lipinski definition) is 0. The summed E-state index contributed by atoms with van der Waals surface area (Å²) in [6.45, 7) is 0. The molecule has 0 aliphatic heterocycles. The third kappa shape index (κ3) is 3.40. The van der Waals surface area contributed by atoms with Gasteiger partial charge in [0.2, 0.25) is 0 Å². The highest BCUT2D eigenvalue weighted by molar-refractivity contribution is 5.83. The van der Waals surface area contributed by atoms with Crippen LogP contribution in [0.2, 0.25) is 0 Å².